The second-order valence-electron chi connectivity index (χ2n) is 6.06. The highest BCUT2D eigenvalue weighted by molar-refractivity contribution is 7.91. The van der Waals surface area contributed by atoms with Crippen LogP contribution in [0, 0.1) is 0 Å². The molecule has 24 heavy (non-hydrogen) atoms. The average Bonchev–Trinajstić information content (AvgIpc) is 2.83. The van der Waals surface area contributed by atoms with Crippen LogP contribution in [0.25, 0.3) is 0 Å². The van der Waals surface area contributed by atoms with Crippen LogP contribution in [-0.4, -0.2) is 67.0 Å². The Morgan fingerprint density at radius 2 is 1.96 bits per heavy atom. The van der Waals surface area contributed by atoms with E-state index in [2.05, 4.69) is 5.32 Å². The minimum absolute atomic E-state index is 0. The fourth-order valence-electron chi connectivity index (χ4n) is 2.77. The minimum atomic E-state index is -3.06. The van der Waals surface area contributed by atoms with Gasteiger partial charge in [-0.25, -0.2) is 8.42 Å². The summed E-state index contributed by atoms with van der Waals surface area (Å²) in [7, 11) is -3.06. The van der Waals surface area contributed by atoms with E-state index in [9.17, 15) is 18.0 Å². The maximum Gasteiger partial charge on any atom is 0.320 e. The van der Waals surface area contributed by atoms with Gasteiger partial charge < -0.3 is 10.0 Å². The van der Waals surface area contributed by atoms with E-state index in [1.165, 1.54) is 0 Å². The third-order valence-electron chi connectivity index (χ3n) is 4.10. The van der Waals surface area contributed by atoms with Gasteiger partial charge in [-0.3, -0.25) is 14.9 Å². The molecule has 1 rings (SSSR count). The predicted octanol–water partition coefficient (Wildman–Crippen LogP) is 1.07. The van der Waals surface area contributed by atoms with Crippen LogP contribution in [0.15, 0.2) is 0 Å². The van der Waals surface area contributed by atoms with Crippen LogP contribution in [0.5, 0.6) is 0 Å². The van der Waals surface area contributed by atoms with Gasteiger partial charge >= 0.3 is 5.97 Å². The zero-order valence-corrected chi connectivity index (χ0v) is 16.0. The Bertz CT molecular complexity index is 512. The fraction of sp³-hybridized carbons (Fsp3) is 0.867. The molecule has 2 unspecified atom stereocenters. The lowest BCUT2D eigenvalue weighted by Gasteiger charge is -2.29. The number of unbranched alkanes of at least 4 members (excludes halogenated alkanes) is 1. The van der Waals surface area contributed by atoms with E-state index >= 15 is 0 Å². The second-order valence-corrected chi connectivity index (χ2v) is 8.29. The summed E-state index contributed by atoms with van der Waals surface area (Å²) in [6, 6.07) is -1.03. The summed E-state index contributed by atoms with van der Waals surface area (Å²) >= 11 is 0. The number of rotatable bonds is 10. The molecule has 142 valence electrons. The van der Waals surface area contributed by atoms with Crippen molar-refractivity contribution >= 4 is 34.1 Å². The van der Waals surface area contributed by atoms with Crippen molar-refractivity contribution in [3.05, 3.63) is 0 Å². The van der Waals surface area contributed by atoms with Gasteiger partial charge in [0.25, 0.3) is 0 Å². The summed E-state index contributed by atoms with van der Waals surface area (Å²) in [6.07, 6.45) is 3.34. The van der Waals surface area contributed by atoms with Crippen molar-refractivity contribution in [3.63, 3.8) is 0 Å². The SMILES string of the molecule is CCCCN(C(=O)CNC(CCC)C(=O)O)C1CCS(=O)(=O)C1.Cl. The molecule has 0 aromatic rings. The van der Waals surface area contributed by atoms with Crippen molar-refractivity contribution in [2.45, 2.75) is 58.0 Å². The number of sulfone groups is 1. The number of nitrogens with zero attached hydrogens (tertiary/aromatic N) is 1. The maximum atomic E-state index is 12.5. The summed E-state index contributed by atoms with van der Waals surface area (Å²) in [6.45, 7) is 4.34. The van der Waals surface area contributed by atoms with Gasteiger partial charge in [-0.1, -0.05) is 26.7 Å². The predicted molar refractivity (Wildman–Crippen MR) is 95.3 cm³/mol. The lowest BCUT2D eigenvalue weighted by Crippen LogP contribution is -2.48. The van der Waals surface area contributed by atoms with Gasteiger partial charge in [0.15, 0.2) is 9.84 Å². The van der Waals surface area contributed by atoms with E-state index in [4.69, 9.17) is 5.11 Å². The molecule has 9 heteroatoms. The molecule has 1 fully saturated rings. The van der Waals surface area contributed by atoms with Crippen LogP contribution in [0.4, 0.5) is 0 Å². The molecule has 2 N–H and O–H groups in total. The van der Waals surface area contributed by atoms with Crippen LogP contribution < -0.4 is 5.32 Å². The normalized spacial score (nSPS) is 20.2. The highest BCUT2D eigenvalue weighted by Gasteiger charge is 2.34. The number of hydrogen-bond acceptors (Lipinski definition) is 5. The number of carbonyl (C=O) groups excluding carboxylic acids is 1. The summed E-state index contributed by atoms with van der Waals surface area (Å²) in [5.74, 6) is -1.06. The molecule has 7 nitrogen and oxygen atoms in total. The Balaban J connectivity index is 0.00000529. The molecule has 1 aliphatic rings. The van der Waals surface area contributed by atoms with Crippen LogP contribution in [0.3, 0.4) is 0 Å². The van der Waals surface area contributed by atoms with Crippen molar-refractivity contribution in [2.75, 3.05) is 24.6 Å². The molecule has 0 aromatic heterocycles. The average molecular weight is 385 g/mol. The molecule has 0 radical (unpaired) electrons. The van der Waals surface area contributed by atoms with E-state index in [1.54, 1.807) is 4.90 Å². The number of carboxylic acid groups (broad SMARTS) is 1. The van der Waals surface area contributed by atoms with Gasteiger partial charge in [-0.2, -0.15) is 0 Å². The van der Waals surface area contributed by atoms with E-state index < -0.39 is 21.8 Å². The third kappa shape index (κ3) is 7.36. The van der Waals surface area contributed by atoms with Gasteiger partial charge in [0.1, 0.15) is 6.04 Å². The van der Waals surface area contributed by atoms with Gasteiger partial charge in [-0.05, 0) is 19.3 Å². The summed E-state index contributed by atoms with van der Waals surface area (Å²) in [5, 5.41) is 11.9. The molecule has 2 atom stereocenters. The van der Waals surface area contributed by atoms with Crippen molar-refractivity contribution in [1.82, 2.24) is 10.2 Å². The highest BCUT2D eigenvalue weighted by Crippen LogP contribution is 2.18. The fourth-order valence-corrected chi connectivity index (χ4v) is 4.50. The molecule has 1 heterocycles. The Kier molecular flexibility index (Phi) is 10.5. The second kappa shape index (κ2) is 10.9. The van der Waals surface area contributed by atoms with Crippen molar-refractivity contribution in [2.24, 2.45) is 0 Å². The van der Waals surface area contributed by atoms with E-state index in [0.29, 0.717) is 25.8 Å². The number of aliphatic carboxylic acids is 1. The molecule has 0 aliphatic carbocycles. The van der Waals surface area contributed by atoms with Crippen LogP contribution in [-0.2, 0) is 19.4 Å². The molecule has 0 aromatic carbocycles. The molecular formula is C15H29ClN2O5S. The Morgan fingerprint density at radius 1 is 1.29 bits per heavy atom. The highest BCUT2D eigenvalue weighted by atomic mass is 35.5. The van der Waals surface area contributed by atoms with Gasteiger partial charge in [0.05, 0.1) is 18.1 Å². The lowest BCUT2D eigenvalue weighted by molar-refractivity contribution is -0.140. The summed E-state index contributed by atoms with van der Waals surface area (Å²) in [5.41, 5.74) is 0. The van der Waals surface area contributed by atoms with Gasteiger partial charge in [0, 0.05) is 12.6 Å². The summed E-state index contributed by atoms with van der Waals surface area (Å²) in [4.78, 5) is 25.2. The first-order valence-electron chi connectivity index (χ1n) is 8.26. The first-order chi connectivity index (χ1) is 10.8. The molecule has 0 spiro atoms. The topological polar surface area (TPSA) is 104 Å². The summed E-state index contributed by atoms with van der Waals surface area (Å²) < 4.78 is 23.3. The molecule has 0 bridgehead atoms. The molecule has 1 amide bonds. The molecule has 0 saturated carbocycles. The Morgan fingerprint density at radius 3 is 2.42 bits per heavy atom. The lowest BCUT2D eigenvalue weighted by atomic mass is 10.1. The molecule has 1 saturated heterocycles. The minimum Gasteiger partial charge on any atom is -0.480 e. The zero-order chi connectivity index (χ0) is 17.5. The number of carbonyl (C=O) groups is 2. The number of carboxylic acids is 1. The van der Waals surface area contributed by atoms with Crippen LogP contribution in [0.1, 0.15) is 46.0 Å². The van der Waals surface area contributed by atoms with Crippen LogP contribution in [0.2, 0.25) is 0 Å². The van der Waals surface area contributed by atoms with Crippen LogP contribution >= 0.6 is 12.4 Å². The smallest absolute Gasteiger partial charge is 0.320 e. The molecule has 1 aliphatic heterocycles. The van der Waals surface area contributed by atoms with E-state index in [1.807, 2.05) is 13.8 Å². The van der Waals surface area contributed by atoms with E-state index in [-0.39, 0.29) is 42.4 Å². The number of hydrogen-bond donors (Lipinski definition) is 2. The first kappa shape index (κ1) is 23.1. The standard InChI is InChI=1S/C15H28N2O5S.ClH/c1-3-5-8-17(12-7-9-23(21,22)11-12)14(18)10-16-13(6-4-2)15(19)20;/h12-13,16H,3-11H2,1-2H3,(H,19,20);1H. The quantitative estimate of drug-likeness (QED) is 0.583. The van der Waals surface area contributed by atoms with Crippen molar-refractivity contribution < 1.29 is 23.1 Å². The molecular weight excluding hydrogens is 356 g/mol. The number of halogens is 1. The number of nitrogens with one attached hydrogen (secondary N) is 1. The van der Waals surface area contributed by atoms with E-state index in [0.717, 1.165) is 12.8 Å². The Hall–Kier alpha value is -0.860. The van der Waals surface area contributed by atoms with Crippen molar-refractivity contribution in [1.29, 1.82) is 0 Å². The third-order valence-corrected chi connectivity index (χ3v) is 5.85. The Labute approximate surface area is 150 Å². The monoisotopic (exact) mass is 384 g/mol. The number of amides is 1. The van der Waals surface area contributed by atoms with Gasteiger partial charge in [-0.15, -0.1) is 12.4 Å². The van der Waals surface area contributed by atoms with Gasteiger partial charge in [0.2, 0.25) is 5.91 Å². The van der Waals surface area contributed by atoms with Crippen molar-refractivity contribution in [3.8, 4) is 0 Å². The first-order valence-corrected chi connectivity index (χ1v) is 10.1. The maximum absolute atomic E-state index is 12.5. The largest absolute Gasteiger partial charge is 0.480 e. The zero-order valence-electron chi connectivity index (χ0n) is 14.4.